The molecule has 0 radical (unpaired) electrons. The molecule has 0 fully saturated rings. The molecular weight excluding hydrogens is 542 g/mol. The van der Waals surface area contributed by atoms with Crippen LogP contribution in [0.3, 0.4) is 0 Å². The average molecular weight is 580 g/mol. The van der Waals surface area contributed by atoms with Gasteiger partial charge in [0.15, 0.2) is 23.0 Å². The highest BCUT2D eigenvalue weighted by Crippen LogP contribution is 2.26. The Bertz CT molecular complexity index is 1400. The predicted molar refractivity (Wildman–Crippen MR) is 156 cm³/mol. The second-order valence-electron chi connectivity index (χ2n) is 9.15. The van der Waals surface area contributed by atoms with Gasteiger partial charge in [-0.05, 0) is 26.3 Å². The number of nitrogens with two attached hydrogens (primary N) is 1. The fourth-order valence-corrected chi connectivity index (χ4v) is 4.30. The molecule has 0 aliphatic rings. The molecule has 2 unspecified atom stereocenters. The van der Waals surface area contributed by atoms with Crippen molar-refractivity contribution in [2.45, 2.75) is 45.4 Å². The highest BCUT2D eigenvalue weighted by atomic mass is 16.6. The van der Waals surface area contributed by atoms with Crippen molar-refractivity contribution in [3.63, 3.8) is 0 Å². The number of hydrogen-bond donors (Lipinski definition) is 1. The average Bonchev–Trinajstić information content (AvgIpc) is 3.40. The topological polar surface area (TPSA) is 150 Å². The van der Waals surface area contributed by atoms with Crippen molar-refractivity contribution in [1.82, 2.24) is 19.5 Å². The Morgan fingerprint density at radius 3 is 2.29 bits per heavy atom. The number of terminal acetylenes is 1. The monoisotopic (exact) mass is 579 g/mol. The number of nitrogens with zero attached hydrogens (tertiary/aromatic N) is 4. The van der Waals surface area contributed by atoms with Crippen LogP contribution in [-0.2, 0) is 46.2 Å². The van der Waals surface area contributed by atoms with Crippen LogP contribution < -0.4 is 5.73 Å². The van der Waals surface area contributed by atoms with Gasteiger partial charge in [-0.3, -0.25) is 0 Å². The van der Waals surface area contributed by atoms with Crippen molar-refractivity contribution in [2.24, 2.45) is 5.92 Å². The summed E-state index contributed by atoms with van der Waals surface area (Å²) in [5.41, 5.74) is 5.52. The zero-order valence-electron chi connectivity index (χ0n) is 24.4. The molecule has 0 amide bonds. The molecule has 2 heterocycles. The minimum absolute atomic E-state index is 0.0369. The maximum atomic E-state index is 13.3. The second-order valence-corrected chi connectivity index (χ2v) is 9.15. The van der Waals surface area contributed by atoms with Gasteiger partial charge in [0.05, 0.1) is 44.8 Å². The molecule has 3 aromatic rings. The van der Waals surface area contributed by atoms with E-state index in [-0.39, 0.29) is 50.2 Å². The number of rotatable bonds is 16. The highest BCUT2D eigenvalue weighted by Gasteiger charge is 2.51. The van der Waals surface area contributed by atoms with Crippen molar-refractivity contribution < 1.29 is 33.3 Å². The van der Waals surface area contributed by atoms with Crippen LogP contribution in [0.5, 0.6) is 0 Å². The summed E-state index contributed by atoms with van der Waals surface area (Å²) in [4.78, 5) is 39.7. The molecule has 0 saturated heterocycles. The van der Waals surface area contributed by atoms with E-state index in [2.05, 4.69) is 27.5 Å². The van der Waals surface area contributed by atoms with E-state index in [0.29, 0.717) is 23.3 Å². The van der Waals surface area contributed by atoms with Gasteiger partial charge in [-0.1, -0.05) is 42.8 Å². The Kier molecular flexibility index (Phi) is 11.4. The number of imidazole rings is 1. The standard InChI is InChI=1S/C30H37N5O7/c1-7-22(17-35-19-32-24-25(31)33-26(34-27(24)35)20(5)39-8-2)23(38-6)18-42-30(28(36)40-9-3,29(37)41-10-4)16-21-14-12-11-13-15-21/h1,11-15,19,22-23H,5,8-10,16-18H2,2-4,6H3,(H2,31,33,34). The number of nitrogen functional groups attached to an aromatic ring is 1. The molecule has 0 aliphatic heterocycles. The van der Waals surface area contributed by atoms with E-state index in [4.69, 9.17) is 35.8 Å². The van der Waals surface area contributed by atoms with Crippen molar-refractivity contribution in [3.8, 4) is 12.3 Å². The Labute approximate surface area is 245 Å². The van der Waals surface area contributed by atoms with Gasteiger partial charge in [-0.25, -0.2) is 24.5 Å². The number of aromatic nitrogens is 4. The van der Waals surface area contributed by atoms with Crippen LogP contribution in [0, 0.1) is 18.3 Å². The van der Waals surface area contributed by atoms with Crippen molar-refractivity contribution in [1.29, 1.82) is 0 Å². The molecule has 0 bridgehead atoms. The second kappa shape index (κ2) is 15.0. The number of benzene rings is 1. The molecule has 2 N–H and O–H groups in total. The van der Waals surface area contributed by atoms with Crippen LogP contribution in [0.1, 0.15) is 32.2 Å². The molecule has 0 spiro atoms. The van der Waals surface area contributed by atoms with Crippen molar-refractivity contribution in [3.05, 3.63) is 54.6 Å². The van der Waals surface area contributed by atoms with Crippen molar-refractivity contribution >= 4 is 34.7 Å². The summed E-state index contributed by atoms with van der Waals surface area (Å²) in [6.45, 7) is 9.38. The molecular formula is C30H37N5O7. The lowest BCUT2D eigenvalue weighted by Crippen LogP contribution is -2.54. The quantitative estimate of drug-likeness (QED) is 0.115. The van der Waals surface area contributed by atoms with E-state index in [1.165, 1.54) is 13.4 Å². The summed E-state index contributed by atoms with van der Waals surface area (Å²) in [5.74, 6) is 1.03. The first-order valence-electron chi connectivity index (χ1n) is 13.6. The Balaban J connectivity index is 1.92. The van der Waals surface area contributed by atoms with E-state index in [9.17, 15) is 9.59 Å². The van der Waals surface area contributed by atoms with Gasteiger partial charge in [0.1, 0.15) is 5.52 Å². The SMILES string of the molecule is C#CC(Cn1cnc2c(N)nc(C(=C)OCC)nc21)C(COC(Cc1ccccc1)(C(=O)OCC)C(=O)OCC)OC. The molecule has 1 aromatic carbocycles. The first-order chi connectivity index (χ1) is 20.2. The molecule has 12 heteroatoms. The smallest absolute Gasteiger partial charge is 0.350 e. The predicted octanol–water partition coefficient (Wildman–Crippen LogP) is 2.80. The van der Waals surface area contributed by atoms with Gasteiger partial charge in [-0.15, -0.1) is 6.42 Å². The number of anilines is 1. The first kappa shape index (κ1) is 32.0. The normalized spacial score (nSPS) is 12.7. The summed E-state index contributed by atoms with van der Waals surface area (Å²) in [6, 6.07) is 8.97. The maximum Gasteiger partial charge on any atom is 0.350 e. The number of ether oxygens (including phenoxy) is 5. The molecule has 0 saturated carbocycles. The summed E-state index contributed by atoms with van der Waals surface area (Å²) < 4.78 is 29.6. The molecule has 42 heavy (non-hydrogen) atoms. The number of esters is 2. The van der Waals surface area contributed by atoms with E-state index in [1.807, 2.05) is 13.0 Å². The Morgan fingerprint density at radius 2 is 1.71 bits per heavy atom. The lowest BCUT2D eigenvalue weighted by molar-refractivity contribution is -0.195. The number of fused-ring (bicyclic) bond motifs is 1. The Morgan fingerprint density at radius 1 is 1.07 bits per heavy atom. The molecule has 2 aromatic heterocycles. The fourth-order valence-electron chi connectivity index (χ4n) is 4.30. The third-order valence-electron chi connectivity index (χ3n) is 6.42. The summed E-state index contributed by atoms with van der Waals surface area (Å²) in [5, 5.41) is 0. The van der Waals surface area contributed by atoms with Crippen LogP contribution >= 0.6 is 0 Å². The largest absolute Gasteiger partial charge is 0.491 e. The first-order valence-corrected chi connectivity index (χ1v) is 13.6. The van der Waals surface area contributed by atoms with E-state index >= 15 is 0 Å². The number of hydrogen-bond acceptors (Lipinski definition) is 11. The summed E-state index contributed by atoms with van der Waals surface area (Å²) in [6.07, 6.45) is 6.61. The van der Waals surface area contributed by atoms with E-state index in [0.717, 1.165) is 0 Å². The number of carbonyl (C=O) groups excluding carboxylic acids is 2. The lowest BCUT2D eigenvalue weighted by atomic mass is 9.93. The number of methoxy groups -OCH3 is 1. The van der Waals surface area contributed by atoms with Crippen LogP contribution in [0.15, 0.2) is 43.2 Å². The van der Waals surface area contributed by atoms with E-state index < -0.39 is 29.6 Å². The van der Waals surface area contributed by atoms with Gasteiger partial charge in [0, 0.05) is 20.1 Å². The molecule has 224 valence electrons. The zero-order valence-corrected chi connectivity index (χ0v) is 24.4. The van der Waals surface area contributed by atoms with Crippen LogP contribution in [0.4, 0.5) is 5.82 Å². The molecule has 3 rings (SSSR count). The van der Waals surface area contributed by atoms with Gasteiger partial charge >= 0.3 is 11.9 Å². The van der Waals surface area contributed by atoms with Crippen LogP contribution in [0.25, 0.3) is 16.9 Å². The fraction of sp³-hybridized carbons (Fsp3) is 0.433. The summed E-state index contributed by atoms with van der Waals surface area (Å²) >= 11 is 0. The zero-order chi connectivity index (χ0) is 30.7. The van der Waals surface area contributed by atoms with Crippen LogP contribution in [0.2, 0.25) is 0 Å². The Hall–Kier alpha value is -4.47. The molecule has 2 atom stereocenters. The summed E-state index contributed by atoms with van der Waals surface area (Å²) in [7, 11) is 1.46. The van der Waals surface area contributed by atoms with E-state index in [1.54, 1.807) is 42.7 Å². The van der Waals surface area contributed by atoms with Gasteiger partial charge < -0.3 is 34.0 Å². The van der Waals surface area contributed by atoms with Gasteiger partial charge in [-0.2, -0.15) is 0 Å². The third-order valence-corrected chi connectivity index (χ3v) is 6.42. The van der Waals surface area contributed by atoms with Crippen LogP contribution in [-0.4, -0.2) is 76.7 Å². The minimum atomic E-state index is -2.08. The molecule has 12 nitrogen and oxygen atoms in total. The lowest BCUT2D eigenvalue weighted by Gasteiger charge is -2.32. The third kappa shape index (κ3) is 7.23. The van der Waals surface area contributed by atoms with Crippen molar-refractivity contribution in [2.75, 3.05) is 39.3 Å². The highest BCUT2D eigenvalue weighted by molar-refractivity contribution is 6.04. The van der Waals surface area contributed by atoms with Gasteiger partial charge in [0.25, 0.3) is 5.60 Å². The number of carbonyl (C=O) groups is 2. The maximum absolute atomic E-state index is 13.3. The minimum Gasteiger partial charge on any atom is -0.491 e. The van der Waals surface area contributed by atoms with Gasteiger partial charge in [0.2, 0.25) is 0 Å². The molecule has 0 aliphatic carbocycles.